The Labute approximate surface area is 153 Å². The van der Waals surface area contributed by atoms with E-state index in [4.69, 9.17) is 11.6 Å². The van der Waals surface area contributed by atoms with Gasteiger partial charge >= 0.3 is 0 Å². The summed E-state index contributed by atoms with van der Waals surface area (Å²) in [5, 5.41) is 3.43. The molecule has 7 heteroatoms. The average molecular weight is 381 g/mol. The van der Waals surface area contributed by atoms with Crippen LogP contribution in [0.25, 0.3) is 0 Å². The van der Waals surface area contributed by atoms with Crippen LogP contribution in [0.5, 0.6) is 0 Å². The molecule has 0 aliphatic heterocycles. The molecular formula is C18H21ClN2O3S. The second-order valence-electron chi connectivity index (χ2n) is 5.59. The molecule has 2 rings (SSSR count). The van der Waals surface area contributed by atoms with Crippen molar-refractivity contribution in [1.29, 1.82) is 0 Å². The average Bonchev–Trinajstić information content (AvgIpc) is 2.60. The smallest absolute Gasteiger partial charge is 0.243 e. The molecule has 25 heavy (non-hydrogen) atoms. The highest BCUT2D eigenvalue weighted by Gasteiger charge is 2.25. The summed E-state index contributed by atoms with van der Waals surface area (Å²) in [7, 11) is -3.70. The monoisotopic (exact) mass is 380 g/mol. The molecule has 1 N–H and O–H groups in total. The van der Waals surface area contributed by atoms with Gasteiger partial charge < -0.3 is 5.32 Å². The molecule has 1 unspecified atom stereocenters. The van der Waals surface area contributed by atoms with Crippen LogP contribution in [-0.2, 0) is 14.8 Å². The summed E-state index contributed by atoms with van der Waals surface area (Å²) in [4.78, 5) is 12.5. The molecule has 0 saturated heterocycles. The molecule has 0 bridgehead atoms. The van der Waals surface area contributed by atoms with Crippen LogP contribution in [-0.4, -0.2) is 31.7 Å². The highest BCUT2D eigenvalue weighted by molar-refractivity contribution is 7.89. The van der Waals surface area contributed by atoms with Gasteiger partial charge in [-0.2, -0.15) is 4.31 Å². The number of nitrogens with one attached hydrogen (secondary N) is 1. The standard InChI is InChI=1S/C18H21ClN2O3S/c1-3-21(25(23,24)17-7-5-4-6-8-17)13-18(22)20-14(2)15-9-11-16(19)12-10-15/h4-12,14H,3,13H2,1-2H3,(H,20,22). The summed E-state index contributed by atoms with van der Waals surface area (Å²) >= 11 is 5.86. The van der Waals surface area contributed by atoms with E-state index < -0.39 is 10.0 Å². The van der Waals surface area contributed by atoms with Crippen molar-refractivity contribution in [3.63, 3.8) is 0 Å². The van der Waals surface area contributed by atoms with Crippen LogP contribution in [0.1, 0.15) is 25.5 Å². The number of amides is 1. The Hall–Kier alpha value is -1.89. The van der Waals surface area contributed by atoms with Crippen molar-refractivity contribution in [1.82, 2.24) is 9.62 Å². The molecule has 0 spiro atoms. The number of nitrogens with zero attached hydrogens (tertiary/aromatic N) is 1. The SMILES string of the molecule is CCN(CC(=O)NC(C)c1ccc(Cl)cc1)S(=O)(=O)c1ccccc1. The van der Waals surface area contributed by atoms with Gasteiger partial charge in [-0.15, -0.1) is 0 Å². The number of likely N-dealkylation sites (N-methyl/N-ethyl adjacent to an activating group) is 1. The van der Waals surface area contributed by atoms with Gasteiger partial charge in [0.1, 0.15) is 0 Å². The van der Waals surface area contributed by atoms with Crippen molar-refractivity contribution >= 4 is 27.5 Å². The van der Waals surface area contributed by atoms with Gasteiger partial charge in [-0.25, -0.2) is 8.42 Å². The maximum atomic E-state index is 12.6. The predicted octanol–water partition coefficient (Wildman–Crippen LogP) is 3.23. The van der Waals surface area contributed by atoms with E-state index >= 15 is 0 Å². The third-order valence-electron chi connectivity index (χ3n) is 3.80. The maximum absolute atomic E-state index is 12.6. The molecule has 134 valence electrons. The first kappa shape index (κ1) is 19.4. The lowest BCUT2D eigenvalue weighted by molar-refractivity contribution is -0.121. The molecule has 0 aliphatic carbocycles. The van der Waals surface area contributed by atoms with Gasteiger partial charge in [-0.05, 0) is 36.8 Å². The van der Waals surface area contributed by atoms with Crippen LogP contribution in [0.2, 0.25) is 5.02 Å². The van der Waals surface area contributed by atoms with Crippen molar-refractivity contribution in [2.24, 2.45) is 0 Å². The van der Waals surface area contributed by atoms with E-state index in [0.717, 1.165) is 9.87 Å². The third kappa shape index (κ3) is 5.04. The van der Waals surface area contributed by atoms with Gasteiger partial charge in [0.05, 0.1) is 17.5 Å². The summed E-state index contributed by atoms with van der Waals surface area (Å²) in [6.45, 7) is 3.52. The van der Waals surface area contributed by atoms with Crippen LogP contribution in [0.3, 0.4) is 0 Å². The number of hydrogen-bond donors (Lipinski definition) is 1. The summed E-state index contributed by atoms with van der Waals surface area (Å²) in [5.74, 6) is -0.358. The number of benzene rings is 2. The fourth-order valence-electron chi connectivity index (χ4n) is 2.39. The zero-order valence-electron chi connectivity index (χ0n) is 14.1. The molecule has 1 atom stereocenters. The summed E-state index contributed by atoms with van der Waals surface area (Å²) < 4.78 is 26.4. The summed E-state index contributed by atoms with van der Waals surface area (Å²) in [6, 6.07) is 15.0. The van der Waals surface area contributed by atoms with E-state index in [9.17, 15) is 13.2 Å². The second-order valence-corrected chi connectivity index (χ2v) is 7.96. The predicted molar refractivity (Wildman–Crippen MR) is 98.9 cm³/mol. The van der Waals surface area contributed by atoms with Crippen LogP contribution < -0.4 is 5.32 Å². The number of hydrogen-bond acceptors (Lipinski definition) is 3. The normalized spacial score (nSPS) is 12.8. The lowest BCUT2D eigenvalue weighted by Gasteiger charge is -2.21. The molecular weight excluding hydrogens is 360 g/mol. The Balaban J connectivity index is 2.06. The Morgan fingerprint density at radius 3 is 2.28 bits per heavy atom. The topological polar surface area (TPSA) is 66.5 Å². The maximum Gasteiger partial charge on any atom is 0.243 e. The number of carbonyl (C=O) groups is 1. The largest absolute Gasteiger partial charge is 0.348 e. The lowest BCUT2D eigenvalue weighted by Crippen LogP contribution is -2.41. The second kappa shape index (κ2) is 8.47. The fourth-order valence-corrected chi connectivity index (χ4v) is 3.94. The van der Waals surface area contributed by atoms with E-state index in [1.54, 1.807) is 37.3 Å². The number of halogens is 1. The van der Waals surface area contributed by atoms with Crippen LogP contribution in [0.15, 0.2) is 59.5 Å². The zero-order valence-corrected chi connectivity index (χ0v) is 15.7. The van der Waals surface area contributed by atoms with Crippen molar-refractivity contribution in [3.05, 3.63) is 65.2 Å². The molecule has 2 aromatic rings. The first-order chi connectivity index (χ1) is 11.8. The quantitative estimate of drug-likeness (QED) is 0.801. The molecule has 0 heterocycles. The van der Waals surface area contributed by atoms with E-state index in [1.807, 2.05) is 19.1 Å². The molecule has 0 radical (unpaired) electrons. The molecule has 0 aromatic heterocycles. The van der Waals surface area contributed by atoms with Crippen LogP contribution in [0.4, 0.5) is 0 Å². The molecule has 0 fully saturated rings. The summed E-state index contributed by atoms with van der Waals surface area (Å²) in [5.41, 5.74) is 0.895. The van der Waals surface area contributed by atoms with Gasteiger partial charge in [0, 0.05) is 11.6 Å². The zero-order chi connectivity index (χ0) is 18.4. The molecule has 5 nitrogen and oxygen atoms in total. The van der Waals surface area contributed by atoms with E-state index in [-0.39, 0.29) is 29.9 Å². The van der Waals surface area contributed by atoms with Gasteiger partial charge in [-0.1, -0.05) is 48.9 Å². The Morgan fingerprint density at radius 2 is 1.72 bits per heavy atom. The highest BCUT2D eigenvalue weighted by atomic mass is 35.5. The van der Waals surface area contributed by atoms with Crippen molar-refractivity contribution < 1.29 is 13.2 Å². The van der Waals surface area contributed by atoms with Gasteiger partial charge in [0.15, 0.2) is 0 Å². The molecule has 0 saturated carbocycles. The first-order valence-corrected chi connectivity index (χ1v) is 9.76. The third-order valence-corrected chi connectivity index (χ3v) is 5.99. The fraction of sp³-hybridized carbons (Fsp3) is 0.278. The lowest BCUT2D eigenvalue weighted by atomic mass is 10.1. The minimum absolute atomic E-state index is 0.176. The number of rotatable bonds is 7. The number of carbonyl (C=O) groups excluding carboxylic acids is 1. The minimum Gasteiger partial charge on any atom is -0.348 e. The van der Waals surface area contributed by atoms with Gasteiger partial charge in [-0.3, -0.25) is 4.79 Å². The first-order valence-electron chi connectivity index (χ1n) is 7.94. The molecule has 1 amide bonds. The van der Waals surface area contributed by atoms with Crippen LogP contribution in [0, 0.1) is 0 Å². The van der Waals surface area contributed by atoms with Crippen LogP contribution >= 0.6 is 11.6 Å². The highest BCUT2D eigenvalue weighted by Crippen LogP contribution is 2.17. The van der Waals surface area contributed by atoms with Gasteiger partial charge in [0.2, 0.25) is 15.9 Å². The van der Waals surface area contributed by atoms with E-state index in [0.29, 0.717) is 5.02 Å². The number of sulfonamides is 1. The molecule has 0 aliphatic rings. The molecule has 2 aromatic carbocycles. The summed E-state index contributed by atoms with van der Waals surface area (Å²) in [6.07, 6.45) is 0. The van der Waals surface area contributed by atoms with Crippen molar-refractivity contribution in [2.45, 2.75) is 24.8 Å². The Kier molecular flexibility index (Phi) is 6.58. The van der Waals surface area contributed by atoms with E-state index in [2.05, 4.69) is 5.32 Å². The van der Waals surface area contributed by atoms with E-state index in [1.165, 1.54) is 12.1 Å². The van der Waals surface area contributed by atoms with Crippen molar-refractivity contribution in [3.8, 4) is 0 Å². The van der Waals surface area contributed by atoms with Crippen molar-refractivity contribution in [2.75, 3.05) is 13.1 Å². The Morgan fingerprint density at radius 1 is 1.12 bits per heavy atom. The Bertz CT molecular complexity index is 808. The van der Waals surface area contributed by atoms with Gasteiger partial charge in [0.25, 0.3) is 0 Å². The minimum atomic E-state index is -3.70.